The van der Waals surface area contributed by atoms with Gasteiger partial charge in [-0.05, 0) is 48.3 Å². The molecule has 0 radical (unpaired) electrons. The Morgan fingerprint density at radius 2 is 1.80 bits per heavy atom. The summed E-state index contributed by atoms with van der Waals surface area (Å²) in [6, 6.07) is 1.66. The van der Waals surface area contributed by atoms with Gasteiger partial charge in [-0.25, -0.2) is 0 Å². The molecule has 86 valence electrons. The van der Waals surface area contributed by atoms with Gasteiger partial charge in [0, 0.05) is 12.1 Å². The molecule has 3 saturated carbocycles. The predicted molar refractivity (Wildman–Crippen MR) is 63.7 cm³/mol. The Labute approximate surface area is 94.0 Å². The van der Waals surface area contributed by atoms with E-state index in [1.165, 1.54) is 25.7 Å². The van der Waals surface area contributed by atoms with Crippen LogP contribution in [0.5, 0.6) is 0 Å². The van der Waals surface area contributed by atoms with Crippen molar-refractivity contribution in [3.05, 3.63) is 0 Å². The molecule has 15 heavy (non-hydrogen) atoms. The van der Waals surface area contributed by atoms with Gasteiger partial charge in [-0.1, -0.05) is 27.7 Å². The van der Waals surface area contributed by atoms with E-state index in [2.05, 4.69) is 33.0 Å². The third-order valence-corrected chi connectivity index (χ3v) is 6.32. The molecule has 3 fully saturated rings. The van der Waals surface area contributed by atoms with Crippen molar-refractivity contribution in [3.8, 4) is 0 Å². The van der Waals surface area contributed by atoms with E-state index >= 15 is 0 Å². The zero-order valence-electron chi connectivity index (χ0n) is 10.6. The van der Waals surface area contributed by atoms with Crippen LogP contribution in [0.3, 0.4) is 0 Å². The summed E-state index contributed by atoms with van der Waals surface area (Å²) in [5, 5.41) is 3.93. The number of hydrogen-bond acceptors (Lipinski definition) is 1. The van der Waals surface area contributed by atoms with Crippen LogP contribution < -0.4 is 5.32 Å². The van der Waals surface area contributed by atoms with Gasteiger partial charge in [0.05, 0.1) is 0 Å². The smallest absolute Gasteiger partial charge is 0.0132 e. The van der Waals surface area contributed by atoms with Crippen molar-refractivity contribution >= 4 is 0 Å². The van der Waals surface area contributed by atoms with E-state index < -0.39 is 0 Å². The van der Waals surface area contributed by atoms with Crippen LogP contribution in [-0.4, -0.2) is 12.1 Å². The maximum Gasteiger partial charge on any atom is 0.0132 e. The Morgan fingerprint density at radius 3 is 2.20 bits per heavy atom. The standard InChI is InChI=1S/C14H25N/c1-9-7-11(9)15-12-8-10-5-6-14(12,4)13(10,2)3/h9-12,15H,5-8H2,1-4H3/t9?,10-,11?,12?,14+/m0/s1. The van der Waals surface area contributed by atoms with Crippen molar-refractivity contribution in [2.75, 3.05) is 0 Å². The Balaban J connectivity index is 1.77. The monoisotopic (exact) mass is 207 g/mol. The molecule has 0 amide bonds. The van der Waals surface area contributed by atoms with Gasteiger partial charge in [0.25, 0.3) is 0 Å². The lowest BCUT2D eigenvalue weighted by atomic mass is 9.69. The third-order valence-electron chi connectivity index (χ3n) is 6.32. The highest BCUT2D eigenvalue weighted by Crippen LogP contribution is 2.65. The number of hydrogen-bond donors (Lipinski definition) is 1. The second-order valence-corrected chi connectivity index (χ2v) is 7.15. The molecule has 0 aromatic rings. The normalized spacial score (nSPS) is 56.0. The highest BCUT2D eigenvalue weighted by atomic mass is 15.0. The highest BCUT2D eigenvalue weighted by molar-refractivity contribution is 5.14. The van der Waals surface area contributed by atoms with Crippen molar-refractivity contribution in [1.82, 2.24) is 5.32 Å². The molecule has 3 unspecified atom stereocenters. The lowest BCUT2D eigenvalue weighted by Crippen LogP contribution is -2.45. The van der Waals surface area contributed by atoms with Gasteiger partial charge in [-0.3, -0.25) is 0 Å². The first-order chi connectivity index (χ1) is 6.95. The van der Waals surface area contributed by atoms with Crippen LogP contribution >= 0.6 is 0 Å². The predicted octanol–water partition coefficient (Wildman–Crippen LogP) is 3.20. The number of fused-ring (bicyclic) bond motifs is 2. The lowest BCUT2D eigenvalue weighted by Gasteiger charge is -2.39. The summed E-state index contributed by atoms with van der Waals surface area (Å²) < 4.78 is 0. The molecule has 0 aromatic carbocycles. The third kappa shape index (κ3) is 1.19. The van der Waals surface area contributed by atoms with Crippen LogP contribution in [0.15, 0.2) is 0 Å². The highest BCUT2D eigenvalue weighted by Gasteiger charge is 2.61. The van der Waals surface area contributed by atoms with Crippen LogP contribution in [0.2, 0.25) is 0 Å². The molecule has 3 aliphatic carbocycles. The molecule has 0 heterocycles. The second-order valence-electron chi connectivity index (χ2n) is 7.15. The first-order valence-corrected chi connectivity index (χ1v) is 6.71. The van der Waals surface area contributed by atoms with Gasteiger partial charge in [-0.15, -0.1) is 0 Å². The van der Waals surface area contributed by atoms with Gasteiger partial charge in [-0.2, -0.15) is 0 Å². The molecule has 1 N–H and O–H groups in total. The molecule has 5 atom stereocenters. The Kier molecular flexibility index (Phi) is 1.89. The van der Waals surface area contributed by atoms with E-state index in [9.17, 15) is 0 Å². The van der Waals surface area contributed by atoms with E-state index in [1.54, 1.807) is 0 Å². The molecule has 0 aliphatic heterocycles. The Hall–Kier alpha value is -0.0400. The quantitative estimate of drug-likeness (QED) is 0.733. The summed E-state index contributed by atoms with van der Waals surface area (Å²) in [6.45, 7) is 9.91. The SMILES string of the molecule is CC1CC1NC1C[C@@H]2CC[C@@]1(C)C2(C)C. The molecule has 3 aliphatic rings. The average Bonchev–Trinajstić information content (AvgIpc) is 2.75. The molecule has 0 aromatic heterocycles. The molecule has 0 spiro atoms. The Bertz CT molecular complexity index is 283. The average molecular weight is 207 g/mol. The van der Waals surface area contributed by atoms with Crippen molar-refractivity contribution < 1.29 is 0 Å². The van der Waals surface area contributed by atoms with Crippen LogP contribution in [0, 0.1) is 22.7 Å². The van der Waals surface area contributed by atoms with Crippen molar-refractivity contribution in [2.45, 2.75) is 65.5 Å². The molecule has 1 nitrogen and oxygen atoms in total. The van der Waals surface area contributed by atoms with E-state index in [0.29, 0.717) is 10.8 Å². The van der Waals surface area contributed by atoms with Crippen LogP contribution in [-0.2, 0) is 0 Å². The van der Waals surface area contributed by atoms with E-state index in [4.69, 9.17) is 0 Å². The Morgan fingerprint density at radius 1 is 1.13 bits per heavy atom. The molecular weight excluding hydrogens is 182 g/mol. The van der Waals surface area contributed by atoms with Gasteiger partial charge in [0.15, 0.2) is 0 Å². The molecule has 3 rings (SSSR count). The maximum atomic E-state index is 3.93. The van der Waals surface area contributed by atoms with Crippen molar-refractivity contribution in [2.24, 2.45) is 22.7 Å². The topological polar surface area (TPSA) is 12.0 Å². The fourth-order valence-corrected chi connectivity index (χ4v) is 4.27. The van der Waals surface area contributed by atoms with Gasteiger partial charge in [0.2, 0.25) is 0 Å². The minimum absolute atomic E-state index is 0.569. The van der Waals surface area contributed by atoms with E-state index in [-0.39, 0.29) is 0 Å². The summed E-state index contributed by atoms with van der Waals surface area (Å²) in [5.41, 5.74) is 1.14. The van der Waals surface area contributed by atoms with E-state index in [1.807, 2.05) is 0 Å². The van der Waals surface area contributed by atoms with E-state index in [0.717, 1.165) is 23.9 Å². The minimum atomic E-state index is 0.569. The molecule has 2 bridgehead atoms. The zero-order valence-corrected chi connectivity index (χ0v) is 10.6. The summed E-state index contributed by atoms with van der Waals surface area (Å²) in [4.78, 5) is 0. The van der Waals surface area contributed by atoms with Crippen LogP contribution in [0.1, 0.15) is 53.4 Å². The maximum absolute atomic E-state index is 3.93. The summed E-state index contributed by atoms with van der Waals surface area (Å²) >= 11 is 0. The second kappa shape index (κ2) is 2.80. The number of rotatable bonds is 2. The van der Waals surface area contributed by atoms with Gasteiger partial charge in [0.1, 0.15) is 0 Å². The van der Waals surface area contributed by atoms with Crippen molar-refractivity contribution in [1.29, 1.82) is 0 Å². The van der Waals surface area contributed by atoms with Crippen LogP contribution in [0.25, 0.3) is 0 Å². The first kappa shape index (κ1) is 10.1. The fourth-order valence-electron chi connectivity index (χ4n) is 4.27. The molecular formula is C14H25N. The van der Waals surface area contributed by atoms with Crippen LogP contribution in [0.4, 0.5) is 0 Å². The number of nitrogens with one attached hydrogen (secondary N) is 1. The molecule has 1 heteroatoms. The summed E-state index contributed by atoms with van der Waals surface area (Å²) in [7, 11) is 0. The summed E-state index contributed by atoms with van der Waals surface area (Å²) in [5.74, 6) is 1.92. The van der Waals surface area contributed by atoms with Crippen molar-refractivity contribution in [3.63, 3.8) is 0 Å². The van der Waals surface area contributed by atoms with Gasteiger partial charge < -0.3 is 5.32 Å². The molecule has 0 saturated heterocycles. The fraction of sp³-hybridized carbons (Fsp3) is 1.00. The summed E-state index contributed by atoms with van der Waals surface area (Å²) in [6.07, 6.45) is 5.77. The zero-order chi connectivity index (χ0) is 10.8. The lowest BCUT2D eigenvalue weighted by molar-refractivity contribution is 0.120. The minimum Gasteiger partial charge on any atom is -0.310 e. The largest absolute Gasteiger partial charge is 0.310 e. The first-order valence-electron chi connectivity index (χ1n) is 6.71. The van der Waals surface area contributed by atoms with Gasteiger partial charge >= 0.3 is 0 Å².